The molecule has 0 N–H and O–H groups in total. The van der Waals surface area contributed by atoms with Gasteiger partial charge in [0.2, 0.25) is 0 Å². The van der Waals surface area contributed by atoms with E-state index < -0.39 is 0 Å². The lowest BCUT2D eigenvalue weighted by Crippen LogP contribution is -2.37. The van der Waals surface area contributed by atoms with E-state index in [1.165, 1.54) is 32.1 Å². The average molecular weight is 206 g/mol. The second kappa shape index (κ2) is 2.58. The summed E-state index contributed by atoms with van der Waals surface area (Å²) in [5.41, 5.74) is 0.0155. The molecular formula is C13H18O2. The molecule has 1 heterocycles. The minimum absolute atomic E-state index is 0.0155. The van der Waals surface area contributed by atoms with Crippen LogP contribution in [0.2, 0.25) is 0 Å². The number of fused-ring (bicyclic) bond motifs is 6. The van der Waals surface area contributed by atoms with Crippen molar-refractivity contribution in [3.63, 3.8) is 0 Å². The highest BCUT2D eigenvalue weighted by molar-refractivity contribution is 5.77. The lowest BCUT2D eigenvalue weighted by atomic mass is 9.71. The largest absolute Gasteiger partial charge is 0.459 e. The van der Waals surface area contributed by atoms with Gasteiger partial charge in [0.05, 0.1) is 5.92 Å². The van der Waals surface area contributed by atoms with Crippen molar-refractivity contribution in [3.05, 3.63) is 0 Å². The SMILES string of the molecule is O=C1OC2(CCCC2)[C@@H]2[C@@H]3CC[C@@H](C3)[C@H]12. The van der Waals surface area contributed by atoms with E-state index >= 15 is 0 Å². The molecule has 2 heteroatoms. The first-order chi connectivity index (χ1) is 7.30. The maximum absolute atomic E-state index is 12.0. The van der Waals surface area contributed by atoms with E-state index in [-0.39, 0.29) is 11.6 Å². The highest BCUT2D eigenvalue weighted by Crippen LogP contribution is 2.63. The summed E-state index contributed by atoms with van der Waals surface area (Å²) in [6.45, 7) is 0. The molecule has 0 amide bonds. The molecule has 4 atom stereocenters. The Balaban J connectivity index is 1.77. The molecule has 4 aliphatic rings. The summed E-state index contributed by atoms with van der Waals surface area (Å²) in [7, 11) is 0. The zero-order chi connectivity index (χ0) is 10.0. The van der Waals surface area contributed by atoms with Crippen molar-refractivity contribution in [2.45, 2.75) is 50.5 Å². The number of carbonyl (C=O) groups is 1. The van der Waals surface area contributed by atoms with Crippen LogP contribution in [-0.4, -0.2) is 11.6 Å². The molecule has 4 fully saturated rings. The van der Waals surface area contributed by atoms with Gasteiger partial charge in [0, 0.05) is 5.92 Å². The fourth-order valence-corrected chi connectivity index (χ4v) is 5.13. The third-order valence-electron chi connectivity index (χ3n) is 5.55. The van der Waals surface area contributed by atoms with E-state index in [0.717, 1.165) is 18.8 Å². The number of esters is 1. The molecule has 0 aromatic carbocycles. The fraction of sp³-hybridized carbons (Fsp3) is 0.923. The lowest BCUT2D eigenvalue weighted by molar-refractivity contribution is -0.152. The Morgan fingerprint density at radius 2 is 1.87 bits per heavy atom. The molecule has 82 valence electrons. The second-order valence-corrected chi connectivity index (χ2v) is 6.08. The predicted octanol–water partition coefficient (Wildman–Crippen LogP) is 2.52. The van der Waals surface area contributed by atoms with Crippen LogP contribution in [0.4, 0.5) is 0 Å². The highest BCUT2D eigenvalue weighted by atomic mass is 16.6. The molecule has 4 rings (SSSR count). The third-order valence-corrected chi connectivity index (χ3v) is 5.55. The molecule has 1 saturated heterocycles. The molecule has 0 radical (unpaired) electrons. The van der Waals surface area contributed by atoms with Crippen molar-refractivity contribution < 1.29 is 9.53 Å². The lowest BCUT2D eigenvalue weighted by Gasteiger charge is -2.33. The minimum Gasteiger partial charge on any atom is -0.459 e. The van der Waals surface area contributed by atoms with E-state index in [4.69, 9.17) is 4.74 Å². The molecule has 2 bridgehead atoms. The maximum atomic E-state index is 12.0. The quantitative estimate of drug-likeness (QED) is 0.569. The van der Waals surface area contributed by atoms with Gasteiger partial charge in [-0.3, -0.25) is 4.79 Å². The number of rotatable bonds is 0. The van der Waals surface area contributed by atoms with Gasteiger partial charge in [-0.15, -0.1) is 0 Å². The Kier molecular flexibility index (Phi) is 1.48. The van der Waals surface area contributed by atoms with Crippen molar-refractivity contribution in [3.8, 4) is 0 Å². The van der Waals surface area contributed by atoms with Crippen molar-refractivity contribution in [2.24, 2.45) is 23.7 Å². The molecule has 0 aromatic rings. The van der Waals surface area contributed by atoms with E-state index in [1.807, 2.05) is 0 Å². The van der Waals surface area contributed by atoms with E-state index in [2.05, 4.69) is 0 Å². The van der Waals surface area contributed by atoms with Gasteiger partial charge in [-0.1, -0.05) is 0 Å². The molecule has 1 spiro atoms. The van der Waals surface area contributed by atoms with Gasteiger partial charge in [0.1, 0.15) is 5.60 Å². The Bertz CT molecular complexity index is 316. The highest BCUT2D eigenvalue weighted by Gasteiger charge is 2.65. The Labute approximate surface area is 90.4 Å². The number of ether oxygens (including phenoxy) is 1. The van der Waals surface area contributed by atoms with Gasteiger partial charge in [-0.05, 0) is 56.8 Å². The number of hydrogen-bond donors (Lipinski definition) is 0. The molecule has 15 heavy (non-hydrogen) atoms. The first kappa shape index (κ1) is 8.60. The molecule has 3 saturated carbocycles. The summed E-state index contributed by atoms with van der Waals surface area (Å²) < 4.78 is 5.82. The fourth-order valence-electron chi connectivity index (χ4n) is 5.13. The summed E-state index contributed by atoms with van der Waals surface area (Å²) in [6, 6.07) is 0. The van der Waals surface area contributed by atoms with Gasteiger partial charge in [0.25, 0.3) is 0 Å². The van der Waals surface area contributed by atoms with Crippen LogP contribution in [0.15, 0.2) is 0 Å². The van der Waals surface area contributed by atoms with Gasteiger partial charge >= 0.3 is 5.97 Å². The summed E-state index contributed by atoms with van der Waals surface area (Å²) in [5, 5.41) is 0. The molecule has 3 aliphatic carbocycles. The van der Waals surface area contributed by atoms with Crippen LogP contribution >= 0.6 is 0 Å². The van der Waals surface area contributed by atoms with Crippen LogP contribution in [0.5, 0.6) is 0 Å². The first-order valence-electron chi connectivity index (χ1n) is 6.53. The molecule has 2 nitrogen and oxygen atoms in total. The smallest absolute Gasteiger partial charge is 0.310 e. The topological polar surface area (TPSA) is 26.3 Å². The first-order valence-corrected chi connectivity index (χ1v) is 6.53. The molecule has 1 aliphatic heterocycles. The van der Waals surface area contributed by atoms with E-state index in [0.29, 0.717) is 17.8 Å². The number of hydrogen-bond acceptors (Lipinski definition) is 2. The van der Waals surface area contributed by atoms with Crippen molar-refractivity contribution in [1.82, 2.24) is 0 Å². The normalized spacial score (nSPS) is 50.0. The molecule has 0 unspecified atom stereocenters. The summed E-state index contributed by atoms with van der Waals surface area (Å²) in [5.74, 6) is 2.60. The van der Waals surface area contributed by atoms with Crippen molar-refractivity contribution in [2.75, 3.05) is 0 Å². The Hall–Kier alpha value is -0.530. The summed E-state index contributed by atoms with van der Waals surface area (Å²) in [6.07, 6.45) is 8.83. The number of carbonyl (C=O) groups excluding carboxylic acids is 1. The van der Waals surface area contributed by atoms with Crippen LogP contribution in [-0.2, 0) is 9.53 Å². The van der Waals surface area contributed by atoms with E-state index in [1.54, 1.807) is 0 Å². The van der Waals surface area contributed by atoms with Crippen LogP contribution in [0, 0.1) is 23.7 Å². The van der Waals surface area contributed by atoms with Crippen LogP contribution in [0.3, 0.4) is 0 Å². The zero-order valence-electron chi connectivity index (χ0n) is 9.08. The van der Waals surface area contributed by atoms with Crippen molar-refractivity contribution >= 4 is 5.97 Å². The zero-order valence-corrected chi connectivity index (χ0v) is 9.08. The minimum atomic E-state index is 0.0155. The third kappa shape index (κ3) is 0.896. The van der Waals surface area contributed by atoms with Crippen LogP contribution in [0.1, 0.15) is 44.9 Å². The standard InChI is InChI=1S/C13H18O2/c14-12-10-8-3-4-9(7-8)11(10)13(15-12)5-1-2-6-13/h8-11H,1-7H2/t8-,9+,10-,11+/m0/s1. The second-order valence-electron chi connectivity index (χ2n) is 6.08. The van der Waals surface area contributed by atoms with Gasteiger partial charge in [-0.25, -0.2) is 0 Å². The monoisotopic (exact) mass is 206 g/mol. The molecular weight excluding hydrogens is 188 g/mol. The Morgan fingerprint density at radius 1 is 1.13 bits per heavy atom. The average Bonchev–Trinajstić information content (AvgIpc) is 2.93. The van der Waals surface area contributed by atoms with Gasteiger partial charge < -0.3 is 4.74 Å². The summed E-state index contributed by atoms with van der Waals surface area (Å²) in [4.78, 5) is 12.0. The summed E-state index contributed by atoms with van der Waals surface area (Å²) >= 11 is 0. The van der Waals surface area contributed by atoms with Gasteiger partial charge in [0.15, 0.2) is 0 Å². The van der Waals surface area contributed by atoms with Crippen LogP contribution in [0.25, 0.3) is 0 Å². The van der Waals surface area contributed by atoms with E-state index in [9.17, 15) is 4.79 Å². The van der Waals surface area contributed by atoms with Gasteiger partial charge in [-0.2, -0.15) is 0 Å². The predicted molar refractivity (Wildman–Crippen MR) is 55.1 cm³/mol. The Morgan fingerprint density at radius 3 is 2.67 bits per heavy atom. The maximum Gasteiger partial charge on any atom is 0.310 e. The van der Waals surface area contributed by atoms with Crippen LogP contribution < -0.4 is 0 Å². The molecule has 0 aromatic heterocycles. The van der Waals surface area contributed by atoms with Crippen molar-refractivity contribution in [1.29, 1.82) is 0 Å².